The summed E-state index contributed by atoms with van der Waals surface area (Å²) in [6, 6.07) is 0.655. The van der Waals surface area contributed by atoms with Gasteiger partial charge in [-0.05, 0) is 52.0 Å². The highest BCUT2D eigenvalue weighted by atomic mass is 16.4. The first kappa shape index (κ1) is 16.5. The number of piperidine rings is 1. The van der Waals surface area contributed by atoms with Gasteiger partial charge in [-0.1, -0.05) is 26.7 Å². The second kappa shape index (κ2) is 7.28. The van der Waals surface area contributed by atoms with Gasteiger partial charge < -0.3 is 10.0 Å². The molecule has 0 aromatic heterocycles. The molecule has 1 aliphatic rings. The molecule has 0 radical (unpaired) electrons. The molecular weight excluding hydrogens is 238 g/mol. The van der Waals surface area contributed by atoms with E-state index >= 15 is 0 Å². The summed E-state index contributed by atoms with van der Waals surface area (Å²) in [4.78, 5) is 14.0. The summed E-state index contributed by atoms with van der Waals surface area (Å²) in [6.07, 6.45) is 7.12. The van der Waals surface area contributed by atoms with Gasteiger partial charge in [-0.2, -0.15) is 0 Å². The summed E-state index contributed by atoms with van der Waals surface area (Å²) in [5.74, 6) is -0.364. The average molecular weight is 269 g/mol. The van der Waals surface area contributed by atoms with E-state index in [1.165, 1.54) is 25.7 Å². The van der Waals surface area contributed by atoms with Crippen molar-refractivity contribution in [3.63, 3.8) is 0 Å². The molecule has 1 rings (SSSR count). The van der Waals surface area contributed by atoms with Crippen LogP contribution in [0.1, 0.15) is 66.2 Å². The number of carboxylic acids is 1. The van der Waals surface area contributed by atoms with Crippen molar-refractivity contribution in [2.75, 3.05) is 13.1 Å². The van der Waals surface area contributed by atoms with E-state index in [1.807, 2.05) is 13.8 Å². The number of carbonyl (C=O) groups is 1. The van der Waals surface area contributed by atoms with Crippen LogP contribution in [0.3, 0.4) is 0 Å². The van der Waals surface area contributed by atoms with Crippen LogP contribution in [0.4, 0.5) is 0 Å². The lowest BCUT2D eigenvalue weighted by atomic mass is 9.74. The van der Waals surface area contributed by atoms with Crippen LogP contribution in [0.5, 0.6) is 0 Å². The Balaban J connectivity index is 2.69. The van der Waals surface area contributed by atoms with Gasteiger partial charge in [0.05, 0.1) is 5.41 Å². The van der Waals surface area contributed by atoms with E-state index in [4.69, 9.17) is 0 Å². The summed E-state index contributed by atoms with van der Waals surface area (Å²) < 4.78 is 0. The average Bonchev–Trinajstić information content (AvgIpc) is 2.38. The molecule has 3 nitrogen and oxygen atoms in total. The van der Waals surface area contributed by atoms with E-state index in [2.05, 4.69) is 18.7 Å². The zero-order valence-corrected chi connectivity index (χ0v) is 13.1. The van der Waals surface area contributed by atoms with Crippen molar-refractivity contribution in [3.05, 3.63) is 0 Å². The zero-order valence-electron chi connectivity index (χ0n) is 13.1. The Morgan fingerprint density at radius 1 is 1.32 bits per heavy atom. The molecule has 1 saturated heterocycles. The summed E-state index contributed by atoms with van der Waals surface area (Å²) in [6.45, 7) is 10.4. The lowest BCUT2D eigenvalue weighted by Crippen LogP contribution is -2.48. The first-order valence-corrected chi connectivity index (χ1v) is 7.90. The molecule has 0 saturated carbocycles. The molecule has 112 valence electrons. The van der Waals surface area contributed by atoms with Crippen molar-refractivity contribution in [1.29, 1.82) is 0 Å². The molecule has 1 aliphatic heterocycles. The Hall–Kier alpha value is -0.570. The molecule has 0 spiro atoms. The topological polar surface area (TPSA) is 40.5 Å². The maximum absolute atomic E-state index is 11.4. The lowest BCUT2D eigenvalue weighted by molar-refractivity contribution is -0.151. The molecule has 0 aromatic carbocycles. The van der Waals surface area contributed by atoms with E-state index in [0.717, 1.165) is 25.9 Å². The predicted octanol–water partition coefficient (Wildman–Crippen LogP) is 3.78. The quantitative estimate of drug-likeness (QED) is 0.764. The van der Waals surface area contributed by atoms with Crippen LogP contribution in [0.25, 0.3) is 0 Å². The fourth-order valence-corrected chi connectivity index (χ4v) is 3.28. The van der Waals surface area contributed by atoms with Crippen molar-refractivity contribution in [1.82, 2.24) is 4.90 Å². The number of hydrogen-bond acceptors (Lipinski definition) is 2. The lowest BCUT2D eigenvalue weighted by Gasteiger charge is -2.42. The molecule has 1 heterocycles. The van der Waals surface area contributed by atoms with Crippen LogP contribution in [-0.4, -0.2) is 35.1 Å². The molecule has 0 amide bonds. The molecule has 0 aliphatic carbocycles. The summed E-state index contributed by atoms with van der Waals surface area (Å²) in [5.41, 5.74) is -0.596. The Labute approximate surface area is 118 Å². The third kappa shape index (κ3) is 4.20. The standard InChI is InChI=1S/C16H31NO2/c1-5-8-14(9-6-2)17-11-7-10-13(12-17)16(3,4)15(18)19/h13-14H,5-12H2,1-4H3,(H,18,19). The van der Waals surface area contributed by atoms with Gasteiger partial charge in [-0.25, -0.2) is 0 Å². The van der Waals surface area contributed by atoms with Gasteiger partial charge in [0.25, 0.3) is 0 Å². The van der Waals surface area contributed by atoms with Crippen LogP contribution in [0, 0.1) is 11.3 Å². The molecule has 0 aromatic rings. The number of nitrogens with zero attached hydrogens (tertiary/aromatic N) is 1. The molecule has 3 heteroatoms. The molecule has 1 N–H and O–H groups in total. The predicted molar refractivity (Wildman–Crippen MR) is 79.3 cm³/mol. The molecule has 0 bridgehead atoms. The highest BCUT2D eigenvalue weighted by Gasteiger charge is 2.39. The minimum atomic E-state index is -0.651. The van der Waals surface area contributed by atoms with Gasteiger partial charge in [-0.15, -0.1) is 0 Å². The normalized spacial score (nSPS) is 21.8. The maximum atomic E-state index is 11.4. The minimum Gasteiger partial charge on any atom is -0.481 e. The number of rotatable bonds is 7. The highest BCUT2D eigenvalue weighted by Crippen LogP contribution is 2.35. The number of likely N-dealkylation sites (tertiary alicyclic amines) is 1. The Morgan fingerprint density at radius 3 is 2.37 bits per heavy atom. The van der Waals surface area contributed by atoms with Crippen LogP contribution >= 0.6 is 0 Å². The number of carboxylic acid groups (broad SMARTS) is 1. The van der Waals surface area contributed by atoms with Gasteiger partial charge in [0.1, 0.15) is 0 Å². The van der Waals surface area contributed by atoms with Gasteiger partial charge >= 0.3 is 5.97 Å². The first-order valence-electron chi connectivity index (χ1n) is 7.90. The Bertz CT molecular complexity index is 282. The molecule has 1 fully saturated rings. The maximum Gasteiger partial charge on any atom is 0.309 e. The summed E-state index contributed by atoms with van der Waals surface area (Å²) >= 11 is 0. The van der Waals surface area contributed by atoms with Crippen LogP contribution in [0.15, 0.2) is 0 Å². The fraction of sp³-hybridized carbons (Fsp3) is 0.938. The second-order valence-electron chi connectivity index (χ2n) is 6.59. The van der Waals surface area contributed by atoms with Crippen LogP contribution < -0.4 is 0 Å². The number of aliphatic carboxylic acids is 1. The van der Waals surface area contributed by atoms with Crippen molar-refractivity contribution in [3.8, 4) is 0 Å². The van der Waals surface area contributed by atoms with E-state index in [9.17, 15) is 9.90 Å². The molecule has 19 heavy (non-hydrogen) atoms. The Kier molecular flexibility index (Phi) is 6.31. The van der Waals surface area contributed by atoms with Gasteiger partial charge in [0.2, 0.25) is 0 Å². The van der Waals surface area contributed by atoms with Crippen LogP contribution in [-0.2, 0) is 4.79 Å². The second-order valence-corrected chi connectivity index (χ2v) is 6.59. The SMILES string of the molecule is CCCC(CCC)N1CCCC(C(C)(C)C(=O)O)C1. The van der Waals surface area contributed by atoms with Gasteiger partial charge in [-0.3, -0.25) is 4.79 Å². The van der Waals surface area contributed by atoms with E-state index in [-0.39, 0.29) is 5.92 Å². The molecular formula is C16H31NO2. The molecule has 1 atom stereocenters. The third-order valence-corrected chi connectivity index (χ3v) is 4.78. The van der Waals surface area contributed by atoms with Crippen LogP contribution in [0.2, 0.25) is 0 Å². The fourth-order valence-electron chi connectivity index (χ4n) is 3.28. The zero-order chi connectivity index (χ0) is 14.5. The first-order chi connectivity index (χ1) is 8.93. The highest BCUT2D eigenvalue weighted by molar-refractivity contribution is 5.74. The van der Waals surface area contributed by atoms with Crippen molar-refractivity contribution < 1.29 is 9.90 Å². The third-order valence-electron chi connectivity index (χ3n) is 4.78. The summed E-state index contributed by atoms with van der Waals surface area (Å²) in [7, 11) is 0. The van der Waals surface area contributed by atoms with Gasteiger partial charge in [0.15, 0.2) is 0 Å². The number of hydrogen-bond donors (Lipinski definition) is 1. The largest absolute Gasteiger partial charge is 0.481 e. The van der Waals surface area contributed by atoms with Gasteiger partial charge in [0, 0.05) is 12.6 Å². The van der Waals surface area contributed by atoms with E-state index in [0.29, 0.717) is 6.04 Å². The monoisotopic (exact) mass is 269 g/mol. The molecule has 1 unspecified atom stereocenters. The van der Waals surface area contributed by atoms with E-state index in [1.54, 1.807) is 0 Å². The van der Waals surface area contributed by atoms with Crippen molar-refractivity contribution >= 4 is 5.97 Å². The van der Waals surface area contributed by atoms with E-state index < -0.39 is 11.4 Å². The summed E-state index contributed by atoms with van der Waals surface area (Å²) in [5, 5.41) is 9.41. The smallest absolute Gasteiger partial charge is 0.309 e. The van der Waals surface area contributed by atoms with Crippen molar-refractivity contribution in [2.45, 2.75) is 72.3 Å². The van der Waals surface area contributed by atoms with Crippen molar-refractivity contribution in [2.24, 2.45) is 11.3 Å². The minimum absolute atomic E-state index is 0.287. The Morgan fingerprint density at radius 2 is 1.89 bits per heavy atom.